The van der Waals surface area contributed by atoms with Crippen molar-refractivity contribution in [3.63, 3.8) is 0 Å². The number of aliphatic carboxylic acids is 1. The van der Waals surface area contributed by atoms with Gasteiger partial charge in [-0.05, 0) is 34.9 Å². The normalized spacial score (nSPS) is 10.3. The Kier molecular flexibility index (Phi) is 8.84. The molecule has 0 unspecified atom stereocenters. The zero-order valence-electron chi connectivity index (χ0n) is 14.9. The van der Waals surface area contributed by atoms with Gasteiger partial charge in [0.2, 0.25) is 0 Å². The molecule has 0 spiro atoms. The summed E-state index contributed by atoms with van der Waals surface area (Å²) in [7, 11) is 0. The summed E-state index contributed by atoms with van der Waals surface area (Å²) in [5.74, 6) is -0.963. The fraction of sp³-hybridized carbons (Fsp3) is 0.0870. The SMILES string of the molecule is O=C(O)C=Cc1cccc(Cl)c1.c1ccc(CNCc2ccccc2)cc1. The highest BCUT2D eigenvalue weighted by Gasteiger charge is 1.92. The van der Waals surface area contributed by atoms with E-state index in [4.69, 9.17) is 16.7 Å². The van der Waals surface area contributed by atoms with Crippen molar-refractivity contribution >= 4 is 23.6 Å². The van der Waals surface area contributed by atoms with Gasteiger partial charge in [0.15, 0.2) is 0 Å². The Morgan fingerprint density at radius 2 is 1.41 bits per heavy atom. The third-order valence-corrected chi connectivity index (χ3v) is 3.85. The third kappa shape index (κ3) is 8.86. The highest BCUT2D eigenvalue weighted by atomic mass is 35.5. The second kappa shape index (κ2) is 11.7. The minimum Gasteiger partial charge on any atom is -0.478 e. The smallest absolute Gasteiger partial charge is 0.328 e. The first kappa shape index (κ1) is 20.4. The Bertz CT molecular complexity index is 809. The molecule has 0 saturated carbocycles. The van der Waals surface area contributed by atoms with E-state index in [1.807, 2.05) is 12.1 Å². The summed E-state index contributed by atoms with van der Waals surface area (Å²) in [6, 6.07) is 27.9. The third-order valence-electron chi connectivity index (χ3n) is 3.61. The van der Waals surface area contributed by atoms with Gasteiger partial charge < -0.3 is 10.4 Å². The topological polar surface area (TPSA) is 49.3 Å². The van der Waals surface area contributed by atoms with Gasteiger partial charge in [0, 0.05) is 24.2 Å². The average molecular weight is 380 g/mol. The largest absolute Gasteiger partial charge is 0.478 e. The van der Waals surface area contributed by atoms with E-state index in [-0.39, 0.29) is 0 Å². The average Bonchev–Trinajstić information content (AvgIpc) is 2.69. The van der Waals surface area contributed by atoms with E-state index >= 15 is 0 Å². The van der Waals surface area contributed by atoms with Gasteiger partial charge in [-0.3, -0.25) is 0 Å². The molecule has 0 saturated heterocycles. The summed E-state index contributed by atoms with van der Waals surface area (Å²) in [6.07, 6.45) is 2.57. The predicted molar refractivity (Wildman–Crippen MR) is 112 cm³/mol. The van der Waals surface area contributed by atoms with Crippen molar-refractivity contribution in [2.24, 2.45) is 0 Å². The van der Waals surface area contributed by atoms with Crippen LogP contribution in [-0.2, 0) is 17.9 Å². The maximum atomic E-state index is 10.1. The molecule has 0 atom stereocenters. The van der Waals surface area contributed by atoms with Gasteiger partial charge in [0.1, 0.15) is 0 Å². The van der Waals surface area contributed by atoms with Crippen LogP contribution in [0.4, 0.5) is 0 Å². The number of benzene rings is 3. The maximum absolute atomic E-state index is 10.1. The molecule has 0 fully saturated rings. The molecule has 0 radical (unpaired) electrons. The van der Waals surface area contributed by atoms with Crippen LogP contribution in [0.15, 0.2) is 91.0 Å². The molecule has 0 aliphatic rings. The lowest BCUT2D eigenvalue weighted by Crippen LogP contribution is -2.12. The number of rotatable bonds is 6. The zero-order chi connectivity index (χ0) is 19.3. The molecule has 0 aliphatic carbocycles. The molecule has 0 bridgehead atoms. The minimum absolute atomic E-state index is 0.600. The van der Waals surface area contributed by atoms with Crippen molar-refractivity contribution in [2.75, 3.05) is 0 Å². The Hall–Kier alpha value is -2.88. The van der Waals surface area contributed by atoms with Crippen LogP contribution < -0.4 is 5.32 Å². The fourth-order valence-electron chi connectivity index (χ4n) is 2.32. The zero-order valence-corrected chi connectivity index (χ0v) is 15.6. The molecule has 0 aromatic heterocycles. The summed E-state index contributed by atoms with van der Waals surface area (Å²) < 4.78 is 0. The summed E-state index contributed by atoms with van der Waals surface area (Å²) in [4.78, 5) is 10.1. The van der Waals surface area contributed by atoms with Crippen molar-refractivity contribution in [1.82, 2.24) is 5.32 Å². The maximum Gasteiger partial charge on any atom is 0.328 e. The molecule has 0 aliphatic heterocycles. The highest BCUT2D eigenvalue weighted by molar-refractivity contribution is 6.30. The van der Waals surface area contributed by atoms with Crippen molar-refractivity contribution < 1.29 is 9.90 Å². The van der Waals surface area contributed by atoms with E-state index in [1.165, 1.54) is 17.2 Å². The number of nitrogens with one attached hydrogen (secondary N) is 1. The van der Waals surface area contributed by atoms with Gasteiger partial charge in [0.25, 0.3) is 0 Å². The van der Waals surface area contributed by atoms with Crippen molar-refractivity contribution in [2.45, 2.75) is 13.1 Å². The summed E-state index contributed by atoms with van der Waals surface area (Å²) in [5.41, 5.74) is 3.44. The van der Waals surface area contributed by atoms with Crippen LogP contribution in [0.3, 0.4) is 0 Å². The lowest BCUT2D eigenvalue weighted by atomic mass is 10.2. The van der Waals surface area contributed by atoms with Gasteiger partial charge in [-0.2, -0.15) is 0 Å². The minimum atomic E-state index is -0.963. The summed E-state index contributed by atoms with van der Waals surface area (Å²) >= 11 is 5.68. The van der Waals surface area contributed by atoms with Crippen molar-refractivity contribution in [3.8, 4) is 0 Å². The van der Waals surface area contributed by atoms with Crippen molar-refractivity contribution in [1.29, 1.82) is 0 Å². The lowest BCUT2D eigenvalue weighted by Gasteiger charge is -2.04. The number of carbonyl (C=O) groups is 1. The molecule has 0 amide bonds. The van der Waals surface area contributed by atoms with E-state index in [0.29, 0.717) is 5.02 Å². The second-order valence-corrected chi connectivity index (χ2v) is 6.24. The Morgan fingerprint density at radius 1 is 0.852 bits per heavy atom. The summed E-state index contributed by atoms with van der Waals surface area (Å²) in [5, 5.41) is 12.3. The van der Waals surface area contributed by atoms with Crippen LogP contribution in [0.1, 0.15) is 16.7 Å². The van der Waals surface area contributed by atoms with Gasteiger partial charge in [0.05, 0.1) is 0 Å². The molecule has 3 nitrogen and oxygen atoms in total. The van der Waals surface area contributed by atoms with E-state index in [9.17, 15) is 4.79 Å². The fourth-order valence-corrected chi connectivity index (χ4v) is 2.52. The van der Waals surface area contributed by atoms with Crippen LogP contribution >= 0.6 is 11.6 Å². The number of halogens is 1. The van der Waals surface area contributed by atoms with E-state index in [0.717, 1.165) is 24.7 Å². The molecule has 0 heterocycles. The van der Waals surface area contributed by atoms with E-state index in [2.05, 4.69) is 53.8 Å². The van der Waals surface area contributed by atoms with Crippen LogP contribution in [0.25, 0.3) is 6.08 Å². The first-order chi connectivity index (χ1) is 13.1. The number of hydrogen-bond acceptors (Lipinski definition) is 2. The number of hydrogen-bond donors (Lipinski definition) is 2. The van der Waals surface area contributed by atoms with Gasteiger partial charge in [-0.25, -0.2) is 4.79 Å². The highest BCUT2D eigenvalue weighted by Crippen LogP contribution is 2.11. The van der Waals surface area contributed by atoms with Gasteiger partial charge in [-0.1, -0.05) is 84.4 Å². The second-order valence-electron chi connectivity index (χ2n) is 5.80. The van der Waals surface area contributed by atoms with Crippen LogP contribution in [0.2, 0.25) is 5.02 Å². The summed E-state index contributed by atoms with van der Waals surface area (Å²) in [6.45, 7) is 1.85. The quantitative estimate of drug-likeness (QED) is 0.562. The van der Waals surface area contributed by atoms with Crippen molar-refractivity contribution in [3.05, 3.63) is 113 Å². The molecule has 27 heavy (non-hydrogen) atoms. The molecular weight excluding hydrogens is 358 g/mol. The van der Waals surface area contributed by atoms with Gasteiger partial charge in [-0.15, -0.1) is 0 Å². The Balaban J connectivity index is 0.000000199. The predicted octanol–water partition coefficient (Wildman–Crippen LogP) is 5.41. The van der Waals surface area contributed by atoms with Crippen LogP contribution in [0, 0.1) is 0 Å². The Labute approximate surface area is 164 Å². The standard InChI is InChI=1S/C14H15N.C9H7ClO2/c1-3-7-13(8-4-1)11-15-12-14-9-5-2-6-10-14;10-8-3-1-2-7(6-8)4-5-9(11)12/h1-10,15H,11-12H2;1-6H,(H,11,12). The van der Waals surface area contributed by atoms with Gasteiger partial charge >= 0.3 is 5.97 Å². The van der Waals surface area contributed by atoms with E-state index < -0.39 is 5.97 Å². The van der Waals surface area contributed by atoms with Crippen LogP contribution in [0.5, 0.6) is 0 Å². The molecule has 3 rings (SSSR count). The first-order valence-electron chi connectivity index (χ1n) is 8.58. The molecule has 2 N–H and O–H groups in total. The first-order valence-corrected chi connectivity index (χ1v) is 8.96. The molecule has 4 heteroatoms. The molecule has 3 aromatic rings. The number of carboxylic acid groups (broad SMARTS) is 1. The van der Waals surface area contributed by atoms with E-state index in [1.54, 1.807) is 24.3 Å². The number of carboxylic acids is 1. The molecular formula is C23H22ClNO2. The molecule has 138 valence electrons. The molecule has 3 aromatic carbocycles. The lowest BCUT2D eigenvalue weighted by molar-refractivity contribution is -0.131. The van der Waals surface area contributed by atoms with Crippen LogP contribution in [-0.4, -0.2) is 11.1 Å². The monoisotopic (exact) mass is 379 g/mol. The Morgan fingerprint density at radius 3 is 1.89 bits per heavy atom.